The number of halogens is 1. The number of benzene rings is 1. The quantitative estimate of drug-likeness (QED) is 0.714. The van der Waals surface area contributed by atoms with Crippen LogP contribution in [0.15, 0.2) is 53.5 Å². The molecule has 2 aromatic heterocycles. The molecule has 1 atom stereocenters. The lowest BCUT2D eigenvalue weighted by molar-refractivity contribution is -0.122. The van der Waals surface area contributed by atoms with E-state index < -0.39 is 0 Å². The van der Waals surface area contributed by atoms with Gasteiger partial charge in [-0.15, -0.1) is 5.10 Å². The van der Waals surface area contributed by atoms with Crippen molar-refractivity contribution in [3.8, 4) is 0 Å². The molecule has 1 amide bonds. The van der Waals surface area contributed by atoms with E-state index in [1.54, 1.807) is 18.3 Å². The van der Waals surface area contributed by atoms with Crippen LogP contribution >= 0.6 is 11.6 Å². The zero-order valence-corrected chi connectivity index (χ0v) is 16.2. The van der Waals surface area contributed by atoms with Crippen LogP contribution in [0.3, 0.4) is 0 Å². The summed E-state index contributed by atoms with van der Waals surface area (Å²) >= 11 is 6.31. The van der Waals surface area contributed by atoms with Crippen LogP contribution in [0.4, 0.5) is 5.69 Å². The van der Waals surface area contributed by atoms with Gasteiger partial charge in [0.15, 0.2) is 5.65 Å². The number of carbonyl (C=O) groups excluding carboxylic acids is 1. The highest BCUT2D eigenvalue weighted by molar-refractivity contribution is 6.33. The Bertz CT molecular complexity index is 1040. The van der Waals surface area contributed by atoms with Crippen LogP contribution in [0, 0.1) is 0 Å². The number of piperidine rings is 1. The van der Waals surface area contributed by atoms with E-state index in [2.05, 4.69) is 15.3 Å². The average Bonchev–Trinajstić information content (AvgIpc) is 3.03. The van der Waals surface area contributed by atoms with Gasteiger partial charge < -0.3 is 10.2 Å². The molecule has 1 fully saturated rings. The van der Waals surface area contributed by atoms with E-state index in [0.717, 1.165) is 36.6 Å². The summed E-state index contributed by atoms with van der Waals surface area (Å²) in [5, 5.41) is 8.07. The fraction of sp³-hybridized carbons (Fsp3) is 0.350. The molecule has 146 valence electrons. The maximum atomic E-state index is 12.4. The molecule has 4 rings (SSSR count). The number of para-hydroxylation sites is 1. The van der Waals surface area contributed by atoms with Crippen molar-refractivity contribution < 1.29 is 4.79 Å². The number of anilines is 1. The molecule has 0 aliphatic carbocycles. The van der Waals surface area contributed by atoms with Crippen molar-refractivity contribution in [2.45, 2.75) is 31.8 Å². The van der Waals surface area contributed by atoms with Gasteiger partial charge in [-0.1, -0.05) is 29.8 Å². The van der Waals surface area contributed by atoms with Crippen LogP contribution in [-0.2, 0) is 11.3 Å². The maximum Gasteiger partial charge on any atom is 0.350 e. The Labute approximate surface area is 167 Å². The summed E-state index contributed by atoms with van der Waals surface area (Å²) in [6.45, 7) is 1.91. The van der Waals surface area contributed by atoms with Crippen molar-refractivity contribution in [2.24, 2.45) is 0 Å². The zero-order chi connectivity index (χ0) is 19.5. The smallest absolute Gasteiger partial charge is 0.350 e. The Morgan fingerprint density at radius 3 is 2.86 bits per heavy atom. The molecule has 1 aliphatic rings. The monoisotopic (exact) mass is 399 g/mol. The molecule has 1 saturated heterocycles. The number of amides is 1. The third kappa shape index (κ3) is 3.89. The molecule has 0 radical (unpaired) electrons. The largest absolute Gasteiger partial charge is 0.368 e. The number of nitrogens with one attached hydrogen (secondary N) is 1. The minimum absolute atomic E-state index is 0.0651. The Morgan fingerprint density at radius 1 is 1.21 bits per heavy atom. The predicted molar refractivity (Wildman–Crippen MR) is 109 cm³/mol. The van der Waals surface area contributed by atoms with Crippen molar-refractivity contribution in [3.05, 3.63) is 64.2 Å². The molecule has 7 nitrogen and oxygen atoms in total. The molecule has 0 spiro atoms. The van der Waals surface area contributed by atoms with E-state index in [0.29, 0.717) is 5.65 Å². The number of carbonyl (C=O) groups is 1. The number of aryl methyl sites for hydroxylation is 1. The molecule has 3 aromatic rings. The van der Waals surface area contributed by atoms with E-state index in [-0.39, 0.29) is 30.6 Å². The van der Waals surface area contributed by atoms with Gasteiger partial charge in [-0.2, -0.15) is 0 Å². The number of pyridine rings is 1. The highest BCUT2D eigenvalue weighted by atomic mass is 35.5. The number of nitrogens with zero attached hydrogens (tertiary/aromatic N) is 4. The van der Waals surface area contributed by atoms with Gasteiger partial charge in [0.25, 0.3) is 0 Å². The van der Waals surface area contributed by atoms with Crippen LogP contribution in [0.2, 0.25) is 5.02 Å². The molecule has 1 unspecified atom stereocenters. The van der Waals surface area contributed by atoms with Crippen LogP contribution < -0.4 is 15.9 Å². The van der Waals surface area contributed by atoms with Gasteiger partial charge >= 0.3 is 5.69 Å². The molecule has 28 heavy (non-hydrogen) atoms. The average molecular weight is 400 g/mol. The van der Waals surface area contributed by atoms with Crippen LogP contribution in [0.1, 0.15) is 19.3 Å². The van der Waals surface area contributed by atoms with Crippen LogP contribution in [0.25, 0.3) is 5.65 Å². The lowest BCUT2D eigenvalue weighted by Gasteiger charge is -2.35. The molecular formula is C20H22ClN5O2. The lowest BCUT2D eigenvalue weighted by Crippen LogP contribution is -2.48. The number of hydrogen-bond acceptors (Lipinski definition) is 4. The highest BCUT2D eigenvalue weighted by Gasteiger charge is 2.22. The van der Waals surface area contributed by atoms with Gasteiger partial charge in [0.05, 0.1) is 17.3 Å². The highest BCUT2D eigenvalue weighted by Crippen LogP contribution is 2.27. The molecule has 8 heteroatoms. The number of aromatic nitrogens is 3. The topological polar surface area (TPSA) is 71.6 Å². The standard InChI is InChI=1S/C20H22ClN5O2/c21-16-7-1-2-8-17(16)24-11-5-6-15(14-24)22-19(27)10-13-26-20(28)25-12-4-3-9-18(25)23-26/h1-4,7-9,12,15H,5-6,10-11,13-14H2,(H,22,27). The first-order valence-electron chi connectivity index (χ1n) is 9.45. The second kappa shape index (κ2) is 8.06. The van der Waals surface area contributed by atoms with Crippen molar-refractivity contribution >= 4 is 28.8 Å². The lowest BCUT2D eigenvalue weighted by atomic mass is 10.0. The van der Waals surface area contributed by atoms with Crippen LogP contribution in [0.5, 0.6) is 0 Å². The first kappa shape index (κ1) is 18.6. The first-order chi connectivity index (χ1) is 13.6. The summed E-state index contributed by atoms with van der Waals surface area (Å²) in [6.07, 6.45) is 3.81. The van der Waals surface area contributed by atoms with Gasteiger partial charge in [-0.05, 0) is 37.1 Å². The van der Waals surface area contributed by atoms with Crippen molar-refractivity contribution in [1.82, 2.24) is 19.5 Å². The number of hydrogen-bond donors (Lipinski definition) is 1. The van der Waals surface area contributed by atoms with Gasteiger partial charge in [0.1, 0.15) is 0 Å². The first-order valence-corrected chi connectivity index (χ1v) is 9.82. The Morgan fingerprint density at radius 2 is 2.04 bits per heavy atom. The van der Waals surface area contributed by atoms with Crippen molar-refractivity contribution in [2.75, 3.05) is 18.0 Å². The van der Waals surface area contributed by atoms with Crippen LogP contribution in [-0.4, -0.2) is 39.2 Å². The summed E-state index contributed by atoms with van der Waals surface area (Å²) in [5.41, 5.74) is 1.35. The SMILES string of the molecule is O=C(CCn1nc2ccccn2c1=O)NC1CCCN(c2ccccc2Cl)C1. The van der Waals surface area contributed by atoms with Gasteiger partial charge in [-0.25, -0.2) is 9.48 Å². The molecule has 1 N–H and O–H groups in total. The van der Waals surface area contributed by atoms with Crippen molar-refractivity contribution in [1.29, 1.82) is 0 Å². The minimum Gasteiger partial charge on any atom is -0.368 e. The third-order valence-corrected chi connectivity index (χ3v) is 5.34. The Balaban J connectivity index is 1.35. The Kier molecular flexibility index (Phi) is 5.34. The van der Waals surface area contributed by atoms with E-state index in [1.807, 2.05) is 30.3 Å². The van der Waals surface area contributed by atoms with E-state index >= 15 is 0 Å². The summed E-state index contributed by atoms with van der Waals surface area (Å²) in [7, 11) is 0. The maximum absolute atomic E-state index is 12.4. The molecular weight excluding hydrogens is 378 g/mol. The minimum atomic E-state index is -0.231. The van der Waals surface area contributed by atoms with Gasteiger partial charge in [0.2, 0.25) is 5.91 Å². The van der Waals surface area contributed by atoms with Crippen molar-refractivity contribution in [3.63, 3.8) is 0 Å². The summed E-state index contributed by atoms with van der Waals surface area (Å²) in [4.78, 5) is 26.9. The van der Waals surface area contributed by atoms with E-state index in [4.69, 9.17) is 11.6 Å². The van der Waals surface area contributed by atoms with Gasteiger partial charge in [-0.3, -0.25) is 9.20 Å². The molecule has 0 bridgehead atoms. The second-order valence-electron chi connectivity index (χ2n) is 6.99. The molecule has 0 saturated carbocycles. The van der Waals surface area contributed by atoms with E-state index in [1.165, 1.54) is 9.08 Å². The summed E-state index contributed by atoms with van der Waals surface area (Å²) in [5.74, 6) is -0.0741. The number of rotatable bonds is 5. The molecule has 1 aliphatic heterocycles. The number of fused-ring (bicyclic) bond motifs is 1. The third-order valence-electron chi connectivity index (χ3n) is 5.02. The Hall–Kier alpha value is -2.80. The summed E-state index contributed by atoms with van der Waals surface area (Å²) in [6, 6.07) is 13.2. The van der Waals surface area contributed by atoms with E-state index in [9.17, 15) is 9.59 Å². The molecule has 1 aromatic carbocycles. The predicted octanol–water partition coefficient (Wildman–Crippen LogP) is 2.32. The summed E-state index contributed by atoms with van der Waals surface area (Å²) < 4.78 is 2.81. The normalized spacial score (nSPS) is 17.0. The zero-order valence-electron chi connectivity index (χ0n) is 15.4. The fourth-order valence-corrected chi connectivity index (χ4v) is 3.90. The fourth-order valence-electron chi connectivity index (χ4n) is 3.64. The van der Waals surface area contributed by atoms with Gasteiger partial charge in [0, 0.05) is 31.7 Å². The molecule has 3 heterocycles. The second-order valence-corrected chi connectivity index (χ2v) is 7.40.